The summed E-state index contributed by atoms with van der Waals surface area (Å²) in [5.41, 5.74) is 5.53. The smallest absolute Gasteiger partial charge is 0.145 e. The monoisotopic (exact) mass is 237 g/mol. The Balaban J connectivity index is 1.71. The molecule has 2 N–H and O–H groups in total. The van der Waals surface area contributed by atoms with Crippen LogP contribution in [0.2, 0.25) is 0 Å². The number of rotatable bonds is 5. The van der Waals surface area contributed by atoms with Crippen molar-refractivity contribution in [3.8, 4) is 0 Å². The Morgan fingerprint density at radius 3 is 3.00 bits per heavy atom. The van der Waals surface area contributed by atoms with E-state index < -0.39 is 0 Å². The number of aryl methyl sites for hydroxylation is 2. The molecule has 0 fully saturated rings. The van der Waals surface area contributed by atoms with E-state index in [0.717, 1.165) is 24.5 Å². The minimum Gasteiger partial charge on any atom is -0.468 e. The Kier molecular flexibility index (Phi) is 3.56. The van der Waals surface area contributed by atoms with E-state index in [1.165, 1.54) is 4.90 Å². The first-order valence-corrected chi connectivity index (χ1v) is 6.20. The highest BCUT2D eigenvalue weighted by atomic mass is 32.2. The summed E-state index contributed by atoms with van der Waals surface area (Å²) in [5, 5.41) is 4.13. The van der Waals surface area contributed by atoms with Crippen LogP contribution in [0, 0.1) is 6.92 Å². The molecule has 2 aromatic rings. The summed E-state index contributed by atoms with van der Waals surface area (Å²) in [6, 6.07) is 3.82. The number of aromatic nitrogens is 2. The highest BCUT2D eigenvalue weighted by Crippen LogP contribution is 2.23. The fraction of sp³-hybridized carbons (Fsp3) is 0.364. The van der Waals surface area contributed by atoms with E-state index in [1.54, 1.807) is 6.26 Å². The van der Waals surface area contributed by atoms with Gasteiger partial charge in [0.2, 0.25) is 0 Å². The molecule has 5 heteroatoms. The number of nitrogens with zero attached hydrogens (tertiary/aromatic N) is 2. The Morgan fingerprint density at radius 2 is 2.38 bits per heavy atom. The van der Waals surface area contributed by atoms with Gasteiger partial charge in [0.25, 0.3) is 0 Å². The summed E-state index contributed by atoms with van der Waals surface area (Å²) in [4.78, 5) is 1.22. The highest BCUT2D eigenvalue weighted by molar-refractivity contribution is 7.99. The molecule has 0 saturated heterocycles. The quantitative estimate of drug-likeness (QED) is 0.641. The SMILES string of the molecule is Cc1occc1SCCCn1ccc(N)n1. The topological polar surface area (TPSA) is 57.0 Å². The predicted octanol–water partition coefficient (Wildman–Crippen LogP) is 2.55. The largest absolute Gasteiger partial charge is 0.468 e. The summed E-state index contributed by atoms with van der Waals surface area (Å²) >= 11 is 1.81. The lowest BCUT2D eigenvalue weighted by molar-refractivity contribution is 0.527. The lowest BCUT2D eigenvalue weighted by Gasteiger charge is -2.01. The zero-order valence-electron chi connectivity index (χ0n) is 9.22. The molecule has 86 valence electrons. The van der Waals surface area contributed by atoms with Crippen LogP contribution in [-0.4, -0.2) is 15.5 Å². The molecule has 0 aromatic carbocycles. The average molecular weight is 237 g/mol. The molecule has 16 heavy (non-hydrogen) atoms. The minimum absolute atomic E-state index is 0.582. The van der Waals surface area contributed by atoms with Crippen molar-refractivity contribution < 1.29 is 4.42 Å². The number of thioether (sulfide) groups is 1. The maximum atomic E-state index is 5.53. The molecule has 0 amide bonds. The van der Waals surface area contributed by atoms with Crippen molar-refractivity contribution in [2.75, 3.05) is 11.5 Å². The molecule has 0 aliphatic heterocycles. The number of anilines is 1. The molecule has 0 bridgehead atoms. The van der Waals surface area contributed by atoms with Gasteiger partial charge in [0.05, 0.1) is 6.26 Å². The molecule has 0 spiro atoms. The minimum atomic E-state index is 0.582. The van der Waals surface area contributed by atoms with Crippen molar-refractivity contribution in [2.24, 2.45) is 0 Å². The molecule has 0 radical (unpaired) electrons. The van der Waals surface area contributed by atoms with Crippen LogP contribution in [0.5, 0.6) is 0 Å². The van der Waals surface area contributed by atoms with Crippen LogP contribution in [-0.2, 0) is 6.54 Å². The molecule has 2 aromatic heterocycles. The normalized spacial score (nSPS) is 10.8. The van der Waals surface area contributed by atoms with E-state index in [-0.39, 0.29) is 0 Å². The summed E-state index contributed by atoms with van der Waals surface area (Å²) in [6.07, 6.45) is 4.70. The van der Waals surface area contributed by atoms with E-state index in [9.17, 15) is 0 Å². The van der Waals surface area contributed by atoms with Crippen molar-refractivity contribution in [1.82, 2.24) is 9.78 Å². The van der Waals surface area contributed by atoms with Gasteiger partial charge in [0.1, 0.15) is 11.6 Å². The fourth-order valence-electron chi connectivity index (χ4n) is 1.43. The summed E-state index contributed by atoms with van der Waals surface area (Å²) in [7, 11) is 0. The second kappa shape index (κ2) is 5.12. The molecule has 0 aliphatic carbocycles. The molecule has 2 rings (SSSR count). The van der Waals surface area contributed by atoms with E-state index in [0.29, 0.717) is 5.82 Å². The van der Waals surface area contributed by atoms with Gasteiger partial charge in [0, 0.05) is 17.6 Å². The summed E-state index contributed by atoms with van der Waals surface area (Å²) in [5.74, 6) is 2.63. The summed E-state index contributed by atoms with van der Waals surface area (Å²) in [6.45, 7) is 2.89. The number of hydrogen-bond acceptors (Lipinski definition) is 4. The number of nitrogens with two attached hydrogens (primary N) is 1. The van der Waals surface area contributed by atoms with Crippen LogP contribution in [0.25, 0.3) is 0 Å². The standard InChI is InChI=1S/C11H15N3OS/c1-9-10(4-7-15-9)16-8-2-5-14-6-3-11(12)13-14/h3-4,6-7H,2,5,8H2,1H3,(H2,12,13). The van der Waals surface area contributed by atoms with Gasteiger partial charge in [-0.1, -0.05) is 0 Å². The second-order valence-corrected chi connectivity index (χ2v) is 4.68. The first kappa shape index (κ1) is 11.1. The predicted molar refractivity (Wildman–Crippen MR) is 65.4 cm³/mol. The van der Waals surface area contributed by atoms with E-state index in [1.807, 2.05) is 41.7 Å². The molecule has 0 unspecified atom stereocenters. The van der Waals surface area contributed by atoms with Crippen molar-refractivity contribution in [3.63, 3.8) is 0 Å². The van der Waals surface area contributed by atoms with Gasteiger partial charge in [0.15, 0.2) is 0 Å². The van der Waals surface area contributed by atoms with Crippen LogP contribution >= 0.6 is 11.8 Å². The van der Waals surface area contributed by atoms with E-state index >= 15 is 0 Å². The van der Waals surface area contributed by atoms with Crippen molar-refractivity contribution in [1.29, 1.82) is 0 Å². The molecular formula is C11H15N3OS. The first-order valence-electron chi connectivity index (χ1n) is 5.21. The Hall–Kier alpha value is -1.36. The zero-order valence-corrected chi connectivity index (χ0v) is 10.0. The third kappa shape index (κ3) is 2.82. The third-order valence-corrected chi connectivity index (χ3v) is 3.49. The van der Waals surface area contributed by atoms with E-state index in [2.05, 4.69) is 5.10 Å². The molecule has 0 aliphatic rings. The number of nitrogen functional groups attached to an aromatic ring is 1. The Labute approximate surface area is 98.8 Å². The van der Waals surface area contributed by atoms with Gasteiger partial charge < -0.3 is 10.2 Å². The highest BCUT2D eigenvalue weighted by Gasteiger charge is 2.01. The number of hydrogen-bond donors (Lipinski definition) is 1. The van der Waals surface area contributed by atoms with Gasteiger partial charge in [-0.15, -0.1) is 11.8 Å². The maximum Gasteiger partial charge on any atom is 0.145 e. The molecule has 4 nitrogen and oxygen atoms in total. The van der Waals surface area contributed by atoms with Crippen LogP contribution in [0.4, 0.5) is 5.82 Å². The fourth-order valence-corrected chi connectivity index (χ4v) is 2.33. The van der Waals surface area contributed by atoms with Crippen LogP contribution in [0.1, 0.15) is 12.2 Å². The average Bonchev–Trinajstić information content (AvgIpc) is 2.83. The van der Waals surface area contributed by atoms with E-state index in [4.69, 9.17) is 10.2 Å². The lowest BCUT2D eigenvalue weighted by atomic mass is 10.5. The lowest BCUT2D eigenvalue weighted by Crippen LogP contribution is -2.00. The molecular weight excluding hydrogens is 222 g/mol. The number of furan rings is 1. The van der Waals surface area contributed by atoms with Gasteiger partial charge in [-0.25, -0.2) is 0 Å². The van der Waals surface area contributed by atoms with Crippen molar-refractivity contribution in [3.05, 3.63) is 30.4 Å². The maximum absolute atomic E-state index is 5.53. The zero-order chi connectivity index (χ0) is 11.4. The molecule has 0 saturated carbocycles. The summed E-state index contributed by atoms with van der Waals surface area (Å²) < 4.78 is 7.10. The second-order valence-electron chi connectivity index (χ2n) is 3.55. The Bertz CT molecular complexity index is 450. The molecule has 2 heterocycles. The first-order chi connectivity index (χ1) is 7.75. The molecule has 0 atom stereocenters. The van der Waals surface area contributed by atoms with Crippen molar-refractivity contribution >= 4 is 17.6 Å². The van der Waals surface area contributed by atoms with Gasteiger partial charge in [-0.3, -0.25) is 4.68 Å². The van der Waals surface area contributed by atoms with Crippen LogP contribution in [0.3, 0.4) is 0 Å². The Morgan fingerprint density at radius 1 is 1.50 bits per heavy atom. The third-order valence-electron chi connectivity index (χ3n) is 2.26. The van der Waals surface area contributed by atoms with Gasteiger partial charge in [-0.2, -0.15) is 5.10 Å². The van der Waals surface area contributed by atoms with Gasteiger partial charge in [-0.05, 0) is 31.2 Å². The van der Waals surface area contributed by atoms with Crippen LogP contribution in [0.15, 0.2) is 33.9 Å². The van der Waals surface area contributed by atoms with Crippen molar-refractivity contribution in [2.45, 2.75) is 24.8 Å². The van der Waals surface area contributed by atoms with Gasteiger partial charge >= 0.3 is 0 Å². The van der Waals surface area contributed by atoms with Crippen LogP contribution < -0.4 is 5.73 Å².